The number of hydrogen-bond donors (Lipinski definition) is 0. The molecule has 0 N–H and O–H groups in total. The summed E-state index contributed by atoms with van der Waals surface area (Å²) in [5.41, 5.74) is 0.698. The Balaban J connectivity index is 0.000000235. The van der Waals surface area contributed by atoms with Crippen molar-refractivity contribution in [1.29, 1.82) is 0 Å². The third-order valence-corrected chi connectivity index (χ3v) is 7.51. The van der Waals surface area contributed by atoms with Gasteiger partial charge in [0.2, 0.25) is 0 Å². The van der Waals surface area contributed by atoms with E-state index < -0.39 is 14.0 Å². The maximum absolute atomic E-state index is 11.2. The van der Waals surface area contributed by atoms with Crippen LogP contribution < -0.4 is 0 Å². The Labute approximate surface area is 202 Å². The fourth-order valence-corrected chi connectivity index (χ4v) is 3.55. The summed E-state index contributed by atoms with van der Waals surface area (Å²) in [6.07, 6.45) is 0.340. The number of esters is 1. The molecule has 32 heavy (non-hydrogen) atoms. The number of aryl methyl sites for hydroxylation is 1. The van der Waals surface area contributed by atoms with Gasteiger partial charge >= 0.3 is 20.0 Å². The highest BCUT2D eigenvalue weighted by Gasteiger charge is 2.63. The molecule has 2 aliphatic heterocycles. The van der Waals surface area contributed by atoms with Crippen LogP contribution in [0.25, 0.3) is 0 Å². The van der Waals surface area contributed by atoms with Gasteiger partial charge in [-0.25, -0.2) is 0 Å². The molecule has 178 valence electrons. The fraction of sp³-hybridized carbons (Fsp3) is 0.696. The molecule has 2 aliphatic rings. The van der Waals surface area contributed by atoms with Gasteiger partial charge in [-0.05, 0) is 86.4 Å². The first-order valence-corrected chi connectivity index (χ1v) is 11.9. The summed E-state index contributed by atoms with van der Waals surface area (Å²) < 4.78 is 29.7. The van der Waals surface area contributed by atoms with E-state index in [-0.39, 0.29) is 28.4 Å². The quantitative estimate of drug-likeness (QED) is 0.414. The van der Waals surface area contributed by atoms with Crippen LogP contribution in [0, 0.1) is 6.92 Å². The molecule has 0 aliphatic carbocycles. The average Bonchev–Trinajstić information content (AvgIpc) is 2.99. The first-order valence-electron chi connectivity index (χ1n) is 11.1. The van der Waals surface area contributed by atoms with E-state index in [0.29, 0.717) is 13.0 Å². The second-order valence-electron chi connectivity index (χ2n) is 10.3. The summed E-state index contributed by atoms with van der Waals surface area (Å²) >= 11 is 3.42. The van der Waals surface area contributed by atoms with Crippen molar-refractivity contribution < 1.29 is 28.1 Å². The zero-order chi connectivity index (χ0) is 24.5. The Morgan fingerprint density at radius 1 is 0.875 bits per heavy atom. The molecule has 6 nitrogen and oxygen atoms in total. The zero-order valence-electron chi connectivity index (χ0n) is 21.1. The normalized spacial score (nSPS) is 22.3. The molecule has 0 radical (unpaired) electrons. The summed E-state index contributed by atoms with van der Waals surface area (Å²) in [7, 11) is -0.952. The van der Waals surface area contributed by atoms with E-state index in [2.05, 4.69) is 15.9 Å². The largest absolute Gasteiger partial charge is 0.488 e. The highest BCUT2D eigenvalue weighted by Crippen LogP contribution is 2.42. The van der Waals surface area contributed by atoms with E-state index in [1.807, 2.05) is 87.4 Å². The minimum atomic E-state index is -0.476. The lowest BCUT2D eigenvalue weighted by Crippen LogP contribution is -2.41. The van der Waals surface area contributed by atoms with Crippen LogP contribution in [0.4, 0.5) is 0 Å². The van der Waals surface area contributed by atoms with Crippen molar-refractivity contribution >= 4 is 35.9 Å². The van der Waals surface area contributed by atoms with Crippen molar-refractivity contribution in [1.82, 2.24) is 0 Å². The van der Waals surface area contributed by atoms with Crippen LogP contribution in [0.1, 0.15) is 73.4 Å². The molecular formula is C23H37B2BrO6. The molecule has 0 amide bonds. The van der Waals surface area contributed by atoms with Crippen molar-refractivity contribution in [3.63, 3.8) is 0 Å². The van der Waals surface area contributed by atoms with Crippen molar-refractivity contribution in [3.05, 3.63) is 33.8 Å². The molecule has 2 fully saturated rings. The number of hydrogen-bond acceptors (Lipinski definition) is 6. The monoisotopic (exact) mass is 510 g/mol. The first-order chi connectivity index (χ1) is 14.5. The van der Waals surface area contributed by atoms with Gasteiger partial charge in [-0.3, -0.25) is 4.79 Å². The van der Waals surface area contributed by atoms with Gasteiger partial charge in [0.15, 0.2) is 0 Å². The number of carbonyl (C=O) groups is 1. The van der Waals surface area contributed by atoms with E-state index in [1.54, 1.807) is 0 Å². The smallest absolute Gasteiger partial charge is 0.466 e. The van der Waals surface area contributed by atoms with Gasteiger partial charge in [-0.15, -0.1) is 0 Å². The average molecular weight is 511 g/mol. The van der Waals surface area contributed by atoms with E-state index in [4.69, 9.17) is 23.4 Å². The van der Waals surface area contributed by atoms with Crippen molar-refractivity contribution in [3.8, 4) is 0 Å². The summed E-state index contributed by atoms with van der Waals surface area (Å²) in [6, 6.07) is 5.88. The highest BCUT2D eigenvalue weighted by atomic mass is 79.9. The van der Waals surface area contributed by atoms with E-state index >= 15 is 0 Å². The van der Waals surface area contributed by atoms with Crippen molar-refractivity contribution in [2.75, 3.05) is 6.61 Å². The summed E-state index contributed by atoms with van der Waals surface area (Å²) in [5.74, 6) is -0.178. The predicted octanol–water partition coefficient (Wildman–Crippen LogP) is 5.11. The molecule has 0 spiro atoms. The molecule has 1 aromatic rings. The fourth-order valence-electron chi connectivity index (χ4n) is 3.12. The molecule has 0 unspecified atom stereocenters. The van der Waals surface area contributed by atoms with Crippen LogP contribution in [0.5, 0.6) is 0 Å². The third-order valence-electron chi connectivity index (χ3n) is 6.66. The van der Waals surface area contributed by atoms with Crippen LogP contribution in [-0.4, -0.2) is 49.0 Å². The Bertz CT molecular complexity index is 759. The molecule has 9 heteroatoms. The van der Waals surface area contributed by atoms with Crippen LogP contribution in [-0.2, 0) is 34.6 Å². The Kier molecular flexibility index (Phi) is 8.37. The van der Waals surface area contributed by atoms with Gasteiger partial charge in [-0.2, -0.15) is 0 Å². The first kappa shape index (κ1) is 27.4. The molecule has 0 atom stereocenters. The minimum Gasteiger partial charge on any atom is -0.466 e. The lowest BCUT2D eigenvalue weighted by molar-refractivity contribution is -0.142. The van der Waals surface area contributed by atoms with Gasteiger partial charge in [0, 0.05) is 4.47 Å². The third kappa shape index (κ3) is 6.17. The second-order valence-corrected chi connectivity index (χ2v) is 11.2. The molecule has 3 rings (SSSR count). The Morgan fingerprint density at radius 2 is 1.28 bits per heavy atom. The standard InChI is InChI=1S/C12H24B2O4.C11H13BrO2/c1-9(2)10(3,4)16-13(15-9)14-17-11(5,6)12(7,8)18-14;1-3-14-11(13)7-9-5-4-8(2)10(12)6-9/h1-8H3;4-6H,3,7H2,1-2H3. The molecule has 0 aromatic heterocycles. The topological polar surface area (TPSA) is 63.2 Å². The zero-order valence-corrected chi connectivity index (χ0v) is 22.7. The number of halogens is 1. The Morgan fingerprint density at radius 3 is 1.62 bits per heavy atom. The van der Waals surface area contributed by atoms with Gasteiger partial charge in [0.1, 0.15) is 0 Å². The molecule has 2 saturated heterocycles. The van der Waals surface area contributed by atoms with E-state index in [9.17, 15) is 4.79 Å². The second kappa shape index (κ2) is 9.79. The number of benzene rings is 1. The number of ether oxygens (including phenoxy) is 1. The van der Waals surface area contributed by atoms with Gasteiger partial charge < -0.3 is 23.4 Å². The number of carbonyl (C=O) groups excluding carboxylic acids is 1. The van der Waals surface area contributed by atoms with Crippen LogP contribution in [0.3, 0.4) is 0 Å². The summed E-state index contributed by atoms with van der Waals surface area (Å²) in [5, 5.41) is 0. The molecular weight excluding hydrogens is 474 g/mol. The minimum absolute atomic E-state index is 0.178. The highest BCUT2D eigenvalue weighted by molar-refractivity contribution is 9.10. The lowest BCUT2D eigenvalue weighted by atomic mass is 9.49. The number of rotatable bonds is 4. The molecule has 1 aromatic carbocycles. The predicted molar refractivity (Wildman–Crippen MR) is 131 cm³/mol. The van der Waals surface area contributed by atoms with Gasteiger partial charge in [0.05, 0.1) is 35.4 Å². The van der Waals surface area contributed by atoms with Gasteiger partial charge in [-0.1, -0.05) is 28.1 Å². The summed E-state index contributed by atoms with van der Waals surface area (Å²) in [6.45, 7) is 20.5. The summed E-state index contributed by atoms with van der Waals surface area (Å²) in [4.78, 5) is 11.2. The molecule has 0 bridgehead atoms. The Hall–Kier alpha value is -0.860. The van der Waals surface area contributed by atoms with E-state index in [1.165, 1.54) is 0 Å². The maximum atomic E-state index is 11.2. The van der Waals surface area contributed by atoms with Crippen molar-refractivity contribution in [2.24, 2.45) is 0 Å². The SMILES string of the molecule is CC1(C)OB(B2OC(C)(C)C(C)(C)O2)OC1(C)C.CCOC(=O)Cc1ccc(C)c(Br)c1. The van der Waals surface area contributed by atoms with Crippen LogP contribution in [0.2, 0.25) is 0 Å². The lowest BCUT2D eigenvalue weighted by Gasteiger charge is -2.32. The molecule has 0 saturated carbocycles. The van der Waals surface area contributed by atoms with Gasteiger partial charge in [0.25, 0.3) is 0 Å². The van der Waals surface area contributed by atoms with Crippen LogP contribution >= 0.6 is 15.9 Å². The van der Waals surface area contributed by atoms with Crippen LogP contribution in [0.15, 0.2) is 22.7 Å². The van der Waals surface area contributed by atoms with Crippen molar-refractivity contribution in [2.45, 2.75) is 98.1 Å². The maximum Gasteiger partial charge on any atom is 0.488 e. The van der Waals surface area contributed by atoms with E-state index in [0.717, 1.165) is 15.6 Å². The molecule has 2 heterocycles.